The fraction of sp³-hybridized carbons (Fsp3) is 0.500. The topological polar surface area (TPSA) is 38.2 Å². The molecule has 1 aliphatic carbocycles. The van der Waals surface area contributed by atoms with Crippen molar-refractivity contribution in [3.8, 4) is 0 Å². The summed E-state index contributed by atoms with van der Waals surface area (Å²) in [5, 5.41) is 0. The molecule has 4 rings (SSSR count). The maximum absolute atomic E-state index is 6.39. The van der Waals surface area contributed by atoms with E-state index in [0.29, 0.717) is 11.8 Å². The van der Waals surface area contributed by atoms with Crippen LogP contribution in [0.4, 0.5) is 5.82 Å². The number of hydrogen-bond acceptors (Lipinski definition) is 4. The van der Waals surface area contributed by atoms with Gasteiger partial charge in [0.25, 0.3) is 0 Å². The second kappa shape index (κ2) is 6.52. The summed E-state index contributed by atoms with van der Waals surface area (Å²) in [5.41, 5.74) is 2.44. The first-order valence-electron chi connectivity index (χ1n) is 8.98. The van der Waals surface area contributed by atoms with Gasteiger partial charge in [-0.05, 0) is 24.3 Å². The molecule has 1 aromatic heterocycles. The van der Waals surface area contributed by atoms with Crippen molar-refractivity contribution in [3.05, 3.63) is 54.0 Å². The van der Waals surface area contributed by atoms with Crippen LogP contribution in [0, 0.1) is 5.92 Å². The van der Waals surface area contributed by atoms with Gasteiger partial charge < -0.3 is 9.64 Å². The maximum Gasteiger partial charge on any atom is 0.132 e. The second-order valence-corrected chi connectivity index (χ2v) is 7.30. The molecule has 0 bridgehead atoms. The van der Waals surface area contributed by atoms with Crippen LogP contribution in [0.25, 0.3) is 0 Å². The lowest BCUT2D eigenvalue weighted by atomic mass is 10.0. The molecule has 0 N–H and O–H groups in total. The minimum absolute atomic E-state index is 0.0895. The molecule has 1 saturated heterocycles. The summed E-state index contributed by atoms with van der Waals surface area (Å²) in [7, 11) is 0. The molecule has 0 amide bonds. The van der Waals surface area contributed by atoms with Crippen LogP contribution in [0.2, 0.25) is 0 Å². The Labute approximate surface area is 143 Å². The summed E-state index contributed by atoms with van der Waals surface area (Å²) >= 11 is 0. The number of hydrogen-bond donors (Lipinski definition) is 0. The van der Waals surface area contributed by atoms with Crippen LogP contribution in [0.15, 0.2) is 42.7 Å². The number of morpholine rings is 1. The maximum atomic E-state index is 6.39. The first kappa shape index (κ1) is 15.6. The second-order valence-electron chi connectivity index (χ2n) is 7.30. The van der Waals surface area contributed by atoms with Gasteiger partial charge in [0.2, 0.25) is 0 Å². The molecule has 1 saturated carbocycles. The number of aromatic nitrogens is 2. The largest absolute Gasteiger partial charge is 0.366 e. The van der Waals surface area contributed by atoms with Crippen molar-refractivity contribution in [2.75, 3.05) is 18.0 Å². The lowest BCUT2D eigenvalue weighted by molar-refractivity contribution is -0.0501. The molecule has 0 spiro atoms. The zero-order chi connectivity index (χ0) is 16.5. The van der Waals surface area contributed by atoms with Gasteiger partial charge in [-0.15, -0.1) is 0 Å². The molecule has 2 atom stereocenters. The molecule has 1 aromatic carbocycles. The number of anilines is 1. The lowest BCUT2D eigenvalue weighted by Gasteiger charge is -2.40. The quantitative estimate of drug-likeness (QED) is 0.854. The van der Waals surface area contributed by atoms with E-state index in [0.717, 1.165) is 18.9 Å². The van der Waals surface area contributed by atoms with Crippen LogP contribution in [0.5, 0.6) is 0 Å². The molecule has 2 heterocycles. The SMILES string of the molecule is CC(C)[C@H]1CN(c2cc(C3CC3)ncn2)C[C@@H](c2ccccc2)O1. The Morgan fingerprint density at radius 3 is 2.58 bits per heavy atom. The number of benzene rings is 1. The third-order valence-corrected chi connectivity index (χ3v) is 5.03. The van der Waals surface area contributed by atoms with E-state index >= 15 is 0 Å². The molecule has 126 valence electrons. The highest BCUT2D eigenvalue weighted by atomic mass is 16.5. The third kappa shape index (κ3) is 3.29. The van der Waals surface area contributed by atoms with Crippen molar-refractivity contribution < 1.29 is 4.74 Å². The normalized spacial score (nSPS) is 24.4. The minimum atomic E-state index is 0.0895. The van der Waals surface area contributed by atoms with E-state index in [9.17, 15) is 0 Å². The third-order valence-electron chi connectivity index (χ3n) is 5.03. The molecule has 0 unspecified atom stereocenters. The van der Waals surface area contributed by atoms with Crippen molar-refractivity contribution in [2.45, 2.75) is 44.8 Å². The van der Waals surface area contributed by atoms with Crippen molar-refractivity contribution in [1.82, 2.24) is 9.97 Å². The van der Waals surface area contributed by atoms with E-state index in [1.165, 1.54) is 24.1 Å². The molecule has 2 fully saturated rings. The van der Waals surface area contributed by atoms with Crippen molar-refractivity contribution >= 4 is 5.82 Å². The first-order chi connectivity index (χ1) is 11.7. The Morgan fingerprint density at radius 2 is 1.88 bits per heavy atom. The van der Waals surface area contributed by atoms with Crippen molar-refractivity contribution in [1.29, 1.82) is 0 Å². The van der Waals surface area contributed by atoms with Gasteiger partial charge in [-0.25, -0.2) is 9.97 Å². The zero-order valence-corrected chi connectivity index (χ0v) is 14.4. The summed E-state index contributed by atoms with van der Waals surface area (Å²) in [4.78, 5) is 11.4. The smallest absolute Gasteiger partial charge is 0.132 e. The van der Waals surface area contributed by atoms with Gasteiger partial charge >= 0.3 is 0 Å². The van der Waals surface area contributed by atoms with Gasteiger partial charge in [-0.2, -0.15) is 0 Å². The van der Waals surface area contributed by atoms with Gasteiger partial charge in [-0.1, -0.05) is 44.2 Å². The van der Waals surface area contributed by atoms with Crippen LogP contribution in [-0.4, -0.2) is 29.2 Å². The van der Waals surface area contributed by atoms with E-state index in [2.05, 4.69) is 65.1 Å². The van der Waals surface area contributed by atoms with Crippen LogP contribution in [0.3, 0.4) is 0 Å². The number of ether oxygens (including phenoxy) is 1. The predicted molar refractivity (Wildman–Crippen MR) is 95.1 cm³/mol. The average molecular weight is 323 g/mol. The highest BCUT2D eigenvalue weighted by Gasteiger charge is 2.32. The van der Waals surface area contributed by atoms with Gasteiger partial charge in [0, 0.05) is 30.8 Å². The van der Waals surface area contributed by atoms with Gasteiger partial charge in [-0.3, -0.25) is 0 Å². The Bertz CT molecular complexity index is 684. The Balaban J connectivity index is 1.60. The molecule has 24 heavy (non-hydrogen) atoms. The summed E-state index contributed by atoms with van der Waals surface area (Å²) in [6.45, 7) is 6.19. The summed E-state index contributed by atoms with van der Waals surface area (Å²) in [6.07, 6.45) is 4.55. The van der Waals surface area contributed by atoms with Crippen LogP contribution in [0.1, 0.15) is 50.0 Å². The van der Waals surface area contributed by atoms with Crippen LogP contribution < -0.4 is 4.90 Å². The van der Waals surface area contributed by atoms with Crippen molar-refractivity contribution in [3.63, 3.8) is 0 Å². The van der Waals surface area contributed by atoms with Gasteiger partial charge in [0.05, 0.1) is 6.10 Å². The van der Waals surface area contributed by atoms with Gasteiger partial charge in [0.15, 0.2) is 0 Å². The van der Waals surface area contributed by atoms with E-state index in [-0.39, 0.29) is 12.2 Å². The molecule has 2 aromatic rings. The average Bonchev–Trinajstić information content (AvgIpc) is 3.47. The minimum Gasteiger partial charge on any atom is -0.366 e. The Morgan fingerprint density at radius 1 is 1.08 bits per heavy atom. The van der Waals surface area contributed by atoms with E-state index in [1.807, 2.05) is 0 Å². The lowest BCUT2D eigenvalue weighted by Crippen LogP contribution is -2.46. The first-order valence-corrected chi connectivity index (χ1v) is 8.98. The van der Waals surface area contributed by atoms with Gasteiger partial charge in [0.1, 0.15) is 18.2 Å². The van der Waals surface area contributed by atoms with E-state index in [4.69, 9.17) is 4.74 Å². The number of rotatable bonds is 4. The summed E-state index contributed by atoms with van der Waals surface area (Å²) in [5.74, 6) is 2.17. The predicted octanol–water partition coefficient (Wildman–Crippen LogP) is 3.96. The fourth-order valence-electron chi connectivity index (χ4n) is 3.33. The summed E-state index contributed by atoms with van der Waals surface area (Å²) < 4.78 is 6.39. The van der Waals surface area contributed by atoms with Crippen LogP contribution in [-0.2, 0) is 4.74 Å². The molecule has 4 heteroatoms. The molecule has 0 radical (unpaired) electrons. The number of nitrogens with zero attached hydrogens (tertiary/aromatic N) is 3. The van der Waals surface area contributed by atoms with E-state index in [1.54, 1.807) is 6.33 Å². The fourth-order valence-corrected chi connectivity index (χ4v) is 3.33. The molecular weight excluding hydrogens is 298 g/mol. The molecular formula is C20H25N3O. The zero-order valence-electron chi connectivity index (χ0n) is 14.4. The van der Waals surface area contributed by atoms with Crippen LogP contribution >= 0.6 is 0 Å². The summed E-state index contributed by atoms with van der Waals surface area (Å²) in [6, 6.07) is 12.7. The van der Waals surface area contributed by atoms with Crippen molar-refractivity contribution in [2.24, 2.45) is 5.92 Å². The Hall–Kier alpha value is -1.94. The Kier molecular flexibility index (Phi) is 4.23. The highest BCUT2D eigenvalue weighted by Crippen LogP contribution is 2.40. The van der Waals surface area contributed by atoms with E-state index < -0.39 is 0 Å². The molecule has 4 nitrogen and oxygen atoms in total. The molecule has 1 aliphatic heterocycles. The molecule has 2 aliphatic rings. The highest BCUT2D eigenvalue weighted by molar-refractivity contribution is 5.42. The standard InChI is InChI=1S/C20H25N3O/c1-14(2)18-11-23(12-19(24-18)16-6-4-3-5-7-16)20-10-17(15-8-9-15)21-13-22-20/h3-7,10,13-15,18-19H,8-9,11-12H2,1-2H3/t18-,19+/m1/s1. The monoisotopic (exact) mass is 323 g/mol.